The number of rotatable bonds is 7. The third kappa shape index (κ3) is 4.61. The van der Waals surface area contributed by atoms with Gasteiger partial charge in [-0.25, -0.2) is 0 Å². The maximum absolute atomic E-state index is 12.5. The highest BCUT2D eigenvalue weighted by molar-refractivity contribution is 8.18. The monoisotopic (exact) mass is 437 g/mol. The van der Waals surface area contributed by atoms with Crippen molar-refractivity contribution in [1.29, 1.82) is 0 Å². The summed E-state index contributed by atoms with van der Waals surface area (Å²) in [5, 5.41) is 3.23. The number of benzene rings is 1. The van der Waals surface area contributed by atoms with Crippen molar-refractivity contribution in [2.75, 3.05) is 20.2 Å². The Hall–Kier alpha value is -3.59. The van der Waals surface area contributed by atoms with Crippen molar-refractivity contribution < 1.29 is 23.5 Å². The molecule has 0 unspecified atom stereocenters. The third-order valence-corrected chi connectivity index (χ3v) is 5.63. The lowest BCUT2D eigenvalue weighted by atomic mass is 10.1. The summed E-state index contributed by atoms with van der Waals surface area (Å²) >= 11 is 0.879. The third-order valence-electron chi connectivity index (χ3n) is 4.73. The largest absolute Gasteiger partial charge is 0.497 e. The van der Waals surface area contributed by atoms with Crippen LogP contribution >= 0.6 is 11.8 Å². The number of nitrogens with one attached hydrogen (secondary N) is 1. The van der Waals surface area contributed by atoms with Gasteiger partial charge >= 0.3 is 0 Å². The van der Waals surface area contributed by atoms with E-state index < -0.39 is 0 Å². The molecule has 4 rings (SSSR count). The Morgan fingerprint density at radius 2 is 2.19 bits per heavy atom. The van der Waals surface area contributed by atoms with E-state index in [1.165, 1.54) is 0 Å². The SMILES string of the molecule is COc1ccc2c(CC(=O)NCCN3C(=O)S/C(=C/c4cccnc4)C3=O)coc2c1. The second-order valence-electron chi connectivity index (χ2n) is 6.77. The molecule has 1 N–H and O–H groups in total. The second-order valence-corrected chi connectivity index (χ2v) is 7.76. The quantitative estimate of drug-likeness (QED) is 0.566. The fraction of sp³-hybridized carbons (Fsp3) is 0.182. The normalized spacial score (nSPS) is 15.1. The van der Waals surface area contributed by atoms with Gasteiger partial charge in [0.15, 0.2) is 0 Å². The molecule has 0 radical (unpaired) electrons. The zero-order valence-electron chi connectivity index (χ0n) is 16.7. The maximum Gasteiger partial charge on any atom is 0.293 e. The topological polar surface area (TPSA) is 102 Å². The van der Waals surface area contributed by atoms with E-state index in [0.29, 0.717) is 16.2 Å². The molecule has 1 aliphatic rings. The summed E-state index contributed by atoms with van der Waals surface area (Å²) in [5.41, 5.74) is 2.13. The van der Waals surface area contributed by atoms with Gasteiger partial charge in [-0.1, -0.05) is 6.07 Å². The molecule has 9 heteroatoms. The second kappa shape index (κ2) is 9.05. The average Bonchev–Trinajstić information content (AvgIpc) is 3.29. The van der Waals surface area contributed by atoms with Crippen molar-refractivity contribution in [2.45, 2.75) is 6.42 Å². The van der Waals surface area contributed by atoms with E-state index >= 15 is 0 Å². The zero-order valence-corrected chi connectivity index (χ0v) is 17.5. The fourth-order valence-corrected chi connectivity index (χ4v) is 4.04. The Balaban J connectivity index is 1.32. The van der Waals surface area contributed by atoms with E-state index in [0.717, 1.165) is 33.2 Å². The Labute approximate surface area is 182 Å². The van der Waals surface area contributed by atoms with Crippen LogP contribution in [0.4, 0.5) is 4.79 Å². The minimum Gasteiger partial charge on any atom is -0.497 e. The molecule has 0 atom stereocenters. The molecule has 1 aromatic carbocycles. The molecule has 2 aromatic heterocycles. The van der Waals surface area contributed by atoms with Gasteiger partial charge < -0.3 is 14.5 Å². The van der Waals surface area contributed by atoms with Gasteiger partial charge in [0.1, 0.15) is 11.3 Å². The van der Waals surface area contributed by atoms with E-state index in [-0.39, 0.29) is 36.6 Å². The molecule has 1 aliphatic heterocycles. The van der Waals surface area contributed by atoms with Crippen LogP contribution < -0.4 is 10.1 Å². The maximum atomic E-state index is 12.5. The van der Waals surface area contributed by atoms with E-state index in [4.69, 9.17) is 9.15 Å². The minimum absolute atomic E-state index is 0.101. The molecule has 31 heavy (non-hydrogen) atoms. The van der Waals surface area contributed by atoms with Crippen LogP contribution in [0.5, 0.6) is 5.75 Å². The van der Waals surface area contributed by atoms with Gasteiger partial charge in [0.25, 0.3) is 11.1 Å². The molecule has 8 nitrogen and oxygen atoms in total. The number of aromatic nitrogens is 1. The number of fused-ring (bicyclic) bond motifs is 1. The first-order valence-corrected chi connectivity index (χ1v) is 10.3. The molecule has 0 aliphatic carbocycles. The summed E-state index contributed by atoms with van der Waals surface area (Å²) in [6.45, 7) is 0.269. The van der Waals surface area contributed by atoms with Gasteiger partial charge in [0.2, 0.25) is 5.91 Å². The first-order valence-electron chi connectivity index (χ1n) is 9.51. The number of carbonyl (C=O) groups is 3. The van der Waals surface area contributed by atoms with Crippen LogP contribution in [0.3, 0.4) is 0 Å². The van der Waals surface area contributed by atoms with Crippen molar-refractivity contribution in [3.05, 3.63) is 65.0 Å². The Morgan fingerprint density at radius 3 is 2.97 bits per heavy atom. The lowest BCUT2D eigenvalue weighted by Gasteiger charge is -2.12. The number of imide groups is 1. The number of methoxy groups -OCH3 is 1. The number of ether oxygens (including phenoxy) is 1. The lowest BCUT2D eigenvalue weighted by Crippen LogP contribution is -2.37. The van der Waals surface area contributed by atoms with Gasteiger partial charge in [-0.05, 0) is 41.6 Å². The number of thioether (sulfide) groups is 1. The van der Waals surface area contributed by atoms with Crippen LogP contribution in [0.2, 0.25) is 0 Å². The van der Waals surface area contributed by atoms with Crippen molar-refractivity contribution in [3.8, 4) is 5.75 Å². The highest BCUT2D eigenvalue weighted by Gasteiger charge is 2.34. The molecule has 158 valence electrons. The molecule has 3 amide bonds. The molecule has 0 spiro atoms. The highest BCUT2D eigenvalue weighted by atomic mass is 32.2. The number of carbonyl (C=O) groups excluding carboxylic acids is 3. The van der Waals surface area contributed by atoms with E-state index in [1.54, 1.807) is 56.1 Å². The minimum atomic E-state index is -0.372. The van der Waals surface area contributed by atoms with Crippen LogP contribution in [0.25, 0.3) is 17.0 Å². The van der Waals surface area contributed by atoms with Crippen molar-refractivity contribution in [2.24, 2.45) is 0 Å². The number of hydrogen-bond acceptors (Lipinski definition) is 7. The average molecular weight is 437 g/mol. The van der Waals surface area contributed by atoms with Crippen LogP contribution in [0.15, 0.2) is 58.3 Å². The Morgan fingerprint density at radius 1 is 1.32 bits per heavy atom. The lowest BCUT2D eigenvalue weighted by molar-refractivity contribution is -0.124. The fourth-order valence-electron chi connectivity index (χ4n) is 3.18. The number of amides is 3. The van der Waals surface area contributed by atoms with Crippen LogP contribution in [-0.4, -0.2) is 47.1 Å². The Kier molecular flexibility index (Phi) is 6.03. The zero-order chi connectivity index (χ0) is 21.8. The van der Waals surface area contributed by atoms with Crippen LogP contribution in [-0.2, 0) is 16.0 Å². The summed E-state index contributed by atoms with van der Waals surface area (Å²) in [6, 6.07) is 8.96. The van der Waals surface area contributed by atoms with Crippen LogP contribution in [0, 0.1) is 0 Å². The molecule has 0 saturated carbocycles. The van der Waals surface area contributed by atoms with Gasteiger partial charge in [0, 0.05) is 42.5 Å². The number of hydrogen-bond donors (Lipinski definition) is 1. The standard InChI is InChI=1S/C22H19N3O5S/c1-29-16-4-5-17-15(13-30-18(17)11-16)10-20(26)24-7-8-25-21(27)19(31-22(25)28)9-14-3-2-6-23-12-14/h2-6,9,11-13H,7-8,10H2,1H3,(H,24,26)/b19-9+. The van der Waals surface area contributed by atoms with Crippen molar-refractivity contribution in [1.82, 2.24) is 15.2 Å². The van der Waals surface area contributed by atoms with Crippen molar-refractivity contribution in [3.63, 3.8) is 0 Å². The molecular weight excluding hydrogens is 418 g/mol. The summed E-state index contributed by atoms with van der Waals surface area (Å²) in [5.74, 6) is 0.0758. The van der Waals surface area contributed by atoms with E-state index in [2.05, 4.69) is 10.3 Å². The number of furan rings is 1. The smallest absolute Gasteiger partial charge is 0.293 e. The number of nitrogens with zero attached hydrogens (tertiary/aromatic N) is 2. The first-order chi connectivity index (χ1) is 15.0. The highest BCUT2D eigenvalue weighted by Crippen LogP contribution is 2.31. The molecule has 1 fully saturated rings. The van der Waals surface area contributed by atoms with E-state index in [9.17, 15) is 14.4 Å². The molecule has 3 aromatic rings. The summed E-state index contributed by atoms with van der Waals surface area (Å²) < 4.78 is 10.7. The van der Waals surface area contributed by atoms with Crippen LogP contribution in [0.1, 0.15) is 11.1 Å². The molecule has 3 heterocycles. The molecular formula is C22H19N3O5S. The predicted molar refractivity (Wildman–Crippen MR) is 116 cm³/mol. The van der Waals surface area contributed by atoms with E-state index in [1.807, 2.05) is 6.07 Å². The first kappa shape index (κ1) is 20.7. The summed E-state index contributed by atoms with van der Waals surface area (Å²) in [4.78, 5) is 42.5. The van der Waals surface area contributed by atoms with Gasteiger partial charge in [0.05, 0.1) is 24.7 Å². The molecule has 1 saturated heterocycles. The Bertz CT molecular complexity index is 1170. The summed E-state index contributed by atoms with van der Waals surface area (Å²) in [6.07, 6.45) is 6.56. The van der Waals surface area contributed by atoms with Gasteiger partial charge in [-0.2, -0.15) is 0 Å². The van der Waals surface area contributed by atoms with Gasteiger partial charge in [-0.15, -0.1) is 0 Å². The van der Waals surface area contributed by atoms with Gasteiger partial charge in [-0.3, -0.25) is 24.3 Å². The number of pyridine rings is 1. The molecule has 0 bridgehead atoms. The van der Waals surface area contributed by atoms with Crippen molar-refractivity contribution >= 4 is 45.9 Å². The summed E-state index contributed by atoms with van der Waals surface area (Å²) in [7, 11) is 1.57. The predicted octanol–water partition coefficient (Wildman–Crippen LogP) is 3.23.